The average Bonchev–Trinajstić information content (AvgIpc) is 2.48. The first-order valence-electron chi connectivity index (χ1n) is 3.60. The predicted octanol–water partition coefficient (Wildman–Crippen LogP) is 0.651. The summed E-state index contributed by atoms with van der Waals surface area (Å²) in [5, 5.41) is 10.2. The van der Waals surface area contributed by atoms with E-state index in [1.54, 1.807) is 18.4 Å². The van der Waals surface area contributed by atoms with E-state index in [2.05, 4.69) is 0 Å². The molecule has 0 aliphatic rings. The Kier molecular flexibility index (Phi) is 2.79. The number of carboxylic acids is 1. The molecule has 5 heteroatoms. The fourth-order valence-electron chi connectivity index (χ4n) is 0.879. The van der Waals surface area contributed by atoms with Gasteiger partial charge in [0, 0.05) is 0 Å². The Morgan fingerprint density at radius 3 is 2.62 bits per heavy atom. The molecule has 1 atom stereocenters. The molecule has 1 aromatic rings. The molecule has 13 heavy (non-hydrogen) atoms. The van der Waals surface area contributed by atoms with E-state index < -0.39 is 17.8 Å². The van der Waals surface area contributed by atoms with Gasteiger partial charge in [0.05, 0.1) is 4.88 Å². The van der Waals surface area contributed by atoms with Crippen LogP contribution in [0.15, 0.2) is 11.4 Å². The lowest BCUT2D eigenvalue weighted by Gasteiger charge is -2.03. The Balaban J connectivity index is 2.92. The van der Waals surface area contributed by atoms with Gasteiger partial charge in [-0.25, -0.2) is 0 Å². The van der Waals surface area contributed by atoms with Crippen LogP contribution in [0.3, 0.4) is 0 Å². The van der Waals surface area contributed by atoms with Crippen molar-refractivity contribution < 1.29 is 14.7 Å². The summed E-state index contributed by atoms with van der Waals surface area (Å²) in [4.78, 5) is 22.2. The topological polar surface area (TPSA) is 80.4 Å². The van der Waals surface area contributed by atoms with Gasteiger partial charge in [-0.3, -0.25) is 9.59 Å². The number of rotatable bonds is 3. The number of ketones is 1. The van der Waals surface area contributed by atoms with E-state index in [-0.39, 0.29) is 0 Å². The number of aryl methyl sites for hydroxylation is 1. The van der Waals surface area contributed by atoms with Crippen molar-refractivity contribution in [3.8, 4) is 0 Å². The summed E-state index contributed by atoms with van der Waals surface area (Å²) in [7, 11) is 0. The van der Waals surface area contributed by atoms with Crippen LogP contribution in [0.4, 0.5) is 0 Å². The summed E-state index contributed by atoms with van der Waals surface area (Å²) in [5.74, 6) is -1.82. The van der Waals surface area contributed by atoms with Crippen molar-refractivity contribution in [1.29, 1.82) is 0 Å². The molecule has 0 aliphatic heterocycles. The third-order valence-electron chi connectivity index (χ3n) is 1.63. The fraction of sp³-hybridized carbons (Fsp3) is 0.250. The SMILES string of the molecule is Cc1ccsc1C(=O)C(N)C(=O)O. The van der Waals surface area contributed by atoms with Gasteiger partial charge >= 0.3 is 5.97 Å². The first kappa shape index (κ1) is 9.88. The Morgan fingerprint density at radius 1 is 1.62 bits per heavy atom. The maximum Gasteiger partial charge on any atom is 0.328 e. The van der Waals surface area contributed by atoms with Gasteiger partial charge < -0.3 is 10.8 Å². The van der Waals surface area contributed by atoms with Gasteiger partial charge in [0.25, 0.3) is 0 Å². The summed E-state index contributed by atoms with van der Waals surface area (Å²) in [6.07, 6.45) is 0. The molecule has 0 saturated carbocycles. The van der Waals surface area contributed by atoms with E-state index in [0.717, 1.165) is 5.56 Å². The lowest BCUT2D eigenvalue weighted by Crippen LogP contribution is -2.38. The number of hydrogen-bond donors (Lipinski definition) is 2. The van der Waals surface area contributed by atoms with Crippen LogP contribution < -0.4 is 5.73 Å². The molecule has 0 amide bonds. The molecule has 0 spiro atoms. The number of nitrogens with two attached hydrogens (primary N) is 1. The minimum Gasteiger partial charge on any atom is -0.480 e. The number of Topliss-reactive ketones (excluding diaryl/α,β-unsaturated/α-hetero) is 1. The van der Waals surface area contributed by atoms with Crippen molar-refractivity contribution >= 4 is 23.1 Å². The lowest BCUT2D eigenvalue weighted by molar-refractivity contribution is -0.137. The molecule has 0 radical (unpaired) electrons. The van der Waals surface area contributed by atoms with Crippen LogP contribution in [0, 0.1) is 6.92 Å². The summed E-state index contributed by atoms with van der Waals surface area (Å²) in [5.41, 5.74) is 5.95. The van der Waals surface area contributed by atoms with Gasteiger partial charge in [-0.15, -0.1) is 11.3 Å². The molecular weight excluding hydrogens is 190 g/mol. The van der Waals surface area contributed by atoms with Gasteiger partial charge in [0.15, 0.2) is 6.04 Å². The van der Waals surface area contributed by atoms with Crippen molar-refractivity contribution in [1.82, 2.24) is 0 Å². The highest BCUT2D eigenvalue weighted by atomic mass is 32.1. The standard InChI is InChI=1S/C8H9NO3S/c1-4-2-3-13-7(4)6(10)5(9)8(11)12/h2-3,5H,9H2,1H3,(H,11,12). The van der Waals surface area contributed by atoms with Crippen molar-refractivity contribution in [3.05, 3.63) is 21.9 Å². The van der Waals surface area contributed by atoms with Crippen LogP contribution in [0.5, 0.6) is 0 Å². The number of thiophene rings is 1. The zero-order valence-electron chi connectivity index (χ0n) is 6.98. The molecule has 0 aliphatic carbocycles. The van der Waals surface area contributed by atoms with E-state index in [1.807, 2.05) is 0 Å². The molecule has 0 aromatic carbocycles. The third-order valence-corrected chi connectivity index (χ3v) is 2.67. The molecular formula is C8H9NO3S. The van der Waals surface area contributed by atoms with E-state index >= 15 is 0 Å². The molecule has 4 nitrogen and oxygen atoms in total. The van der Waals surface area contributed by atoms with Crippen molar-refractivity contribution in [2.45, 2.75) is 13.0 Å². The third kappa shape index (κ3) is 1.93. The number of carbonyl (C=O) groups excluding carboxylic acids is 1. The van der Waals surface area contributed by atoms with E-state index in [1.165, 1.54) is 11.3 Å². The number of carboxylic acid groups (broad SMARTS) is 1. The first-order valence-corrected chi connectivity index (χ1v) is 4.48. The summed E-state index contributed by atoms with van der Waals surface area (Å²) < 4.78 is 0. The van der Waals surface area contributed by atoms with Crippen molar-refractivity contribution in [3.63, 3.8) is 0 Å². The van der Waals surface area contributed by atoms with Crippen LogP contribution in [0.1, 0.15) is 15.2 Å². The van der Waals surface area contributed by atoms with Gasteiger partial charge in [-0.2, -0.15) is 0 Å². The smallest absolute Gasteiger partial charge is 0.328 e. The van der Waals surface area contributed by atoms with Crippen molar-refractivity contribution in [2.24, 2.45) is 5.73 Å². The number of hydrogen-bond acceptors (Lipinski definition) is 4. The van der Waals surface area contributed by atoms with Crippen LogP contribution in [-0.2, 0) is 4.79 Å². The monoisotopic (exact) mass is 199 g/mol. The van der Waals surface area contributed by atoms with Gasteiger partial charge in [-0.05, 0) is 23.9 Å². The zero-order chi connectivity index (χ0) is 10.0. The molecule has 3 N–H and O–H groups in total. The summed E-state index contributed by atoms with van der Waals surface area (Å²) in [6.45, 7) is 1.75. The highest BCUT2D eigenvalue weighted by Crippen LogP contribution is 2.17. The highest BCUT2D eigenvalue weighted by Gasteiger charge is 2.24. The summed E-state index contributed by atoms with van der Waals surface area (Å²) in [6, 6.07) is 0.310. The average molecular weight is 199 g/mol. The molecule has 1 rings (SSSR count). The normalized spacial score (nSPS) is 12.5. The van der Waals surface area contributed by atoms with Gasteiger partial charge in [0.2, 0.25) is 5.78 Å². The molecule has 0 bridgehead atoms. The van der Waals surface area contributed by atoms with Crippen LogP contribution in [0.2, 0.25) is 0 Å². The van der Waals surface area contributed by atoms with E-state index in [4.69, 9.17) is 10.8 Å². The second-order valence-electron chi connectivity index (χ2n) is 2.61. The fourth-order valence-corrected chi connectivity index (χ4v) is 1.78. The highest BCUT2D eigenvalue weighted by molar-refractivity contribution is 7.12. The van der Waals surface area contributed by atoms with Crippen molar-refractivity contribution in [2.75, 3.05) is 0 Å². The number of carbonyl (C=O) groups is 2. The maximum atomic E-state index is 11.4. The maximum absolute atomic E-state index is 11.4. The van der Waals surface area contributed by atoms with Crippen LogP contribution in [-0.4, -0.2) is 22.9 Å². The Hall–Kier alpha value is -1.20. The largest absolute Gasteiger partial charge is 0.480 e. The Morgan fingerprint density at radius 2 is 2.23 bits per heavy atom. The predicted molar refractivity (Wildman–Crippen MR) is 49.0 cm³/mol. The molecule has 1 unspecified atom stereocenters. The zero-order valence-corrected chi connectivity index (χ0v) is 7.80. The van der Waals surface area contributed by atoms with Crippen LogP contribution in [0.25, 0.3) is 0 Å². The quantitative estimate of drug-likeness (QED) is 0.553. The second kappa shape index (κ2) is 3.68. The Bertz CT molecular complexity index is 345. The van der Waals surface area contributed by atoms with E-state index in [9.17, 15) is 9.59 Å². The van der Waals surface area contributed by atoms with Crippen LogP contribution >= 0.6 is 11.3 Å². The number of aliphatic carboxylic acids is 1. The van der Waals surface area contributed by atoms with Gasteiger partial charge in [-0.1, -0.05) is 0 Å². The van der Waals surface area contributed by atoms with Gasteiger partial charge in [0.1, 0.15) is 0 Å². The minimum absolute atomic E-state index is 0.426. The van der Waals surface area contributed by atoms with E-state index in [0.29, 0.717) is 4.88 Å². The molecule has 0 saturated heterocycles. The minimum atomic E-state index is -1.45. The second-order valence-corrected chi connectivity index (χ2v) is 3.53. The molecule has 1 heterocycles. The lowest BCUT2D eigenvalue weighted by atomic mass is 10.1. The molecule has 1 aromatic heterocycles. The first-order chi connectivity index (χ1) is 6.04. The molecule has 70 valence electrons. The summed E-state index contributed by atoms with van der Waals surface area (Å²) >= 11 is 1.21. The Labute approximate surface area is 79.0 Å². The molecule has 0 fully saturated rings.